The first kappa shape index (κ1) is 24.4. The average Bonchev–Trinajstić information content (AvgIpc) is 3.28. The Bertz CT molecular complexity index is 883. The molecule has 1 fully saturated rings. The van der Waals surface area contributed by atoms with Gasteiger partial charge in [0, 0.05) is 57.1 Å². The Morgan fingerprint density at radius 1 is 1.27 bits per heavy atom. The van der Waals surface area contributed by atoms with E-state index in [4.69, 9.17) is 0 Å². The number of nitrogens with one attached hydrogen (secondary N) is 2. The van der Waals surface area contributed by atoms with E-state index < -0.39 is 11.6 Å². The maximum absolute atomic E-state index is 14.1. The number of anilines is 1. The summed E-state index contributed by atoms with van der Waals surface area (Å²) in [6, 6.07) is 3.86. The third-order valence-corrected chi connectivity index (χ3v) is 5.46. The second-order valence-electron chi connectivity index (χ2n) is 7.30. The molecular weight excluding hydrogens is 501 g/mol. The SMILES string of the molecule is CCc1nn(C)c(CC)c1CNC(=NC)NC1CCN(c2ccc(F)cc2F)C1.I. The van der Waals surface area contributed by atoms with Gasteiger partial charge in [-0.1, -0.05) is 13.8 Å². The number of benzene rings is 1. The first-order chi connectivity index (χ1) is 14.0. The second-order valence-corrected chi connectivity index (χ2v) is 7.30. The number of aromatic nitrogens is 2. The van der Waals surface area contributed by atoms with Crippen molar-refractivity contribution < 1.29 is 8.78 Å². The van der Waals surface area contributed by atoms with Gasteiger partial charge in [-0.2, -0.15) is 5.10 Å². The minimum Gasteiger partial charge on any atom is -0.367 e. The van der Waals surface area contributed by atoms with Crippen molar-refractivity contribution in [2.24, 2.45) is 12.0 Å². The Hall–Kier alpha value is -1.91. The van der Waals surface area contributed by atoms with E-state index in [1.807, 2.05) is 16.6 Å². The van der Waals surface area contributed by atoms with Crippen LogP contribution in [0.5, 0.6) is 0 Å². The van der Waals surface area contributed by atoms with Crippen molar-refractivity contribution in [1.29, 1.82) is 0 Å². The Labute approximate surface area is 194 Å². The van der Waals surface area contributed by atoms with Crippen LogP contribution in [-0.2, 0) is 26.4 Å². The number of hydrogen-bond donors (Lipinski definition) is 2. The van der Waals surface area contributed by atoms with Crippen LogP contribution in [0.25, 0.3) is 0 Å². The quantitative estimate of drug-likeness (QED) is 0.341. The summed E-state index contributed by atoms with van der Waals surface area (Å²) in [6.45, 7) is 6.24. The molecule has 1 aromatic carbocycles. The third-order valence-electron chi connectivity index (χ3n) is 5.46. The molecule has 0 spiro atoms. The number of aryl methyl sites for hydroxylation is 2. The number of rotatable bonds is 6. The van der Waals surface area contributed by atoms with E-state index in [0.717, 1.165) is 31.0 Å². The fraction of sp³-hybridized carbons (Fsp3) is 0.524. The first-order valence-corrected chi connectivity index (χ1v) is 10.2. The lowest BCUT2D eigenvalue weighted by Crippen LogP contribution is -2.44. The Morgan fingerprint density at radius 2 is 2.03 bits per heavy atom. The molecule has 166 valence electrons. The van der Waals surface area contributed by atoms with Gasteiger partial charge in [0.2, 0.25) is 0 Å². The molecule has 0 amide bonds. The van der Waals surface area contributed by atoms with Gasteiger partial charge in [-0.25, -0.2) is 8.78 Å². The topological polar surface area (TPSA) is 57.5 Å². The number of aliphatic imine (C=N–C) groups is 1. The third kappa shape index (κ3) is 5.41. The minimum absolute atomic E-state index is 0. The maximum atomic E-state index is 14.1. The number of halogens is 3. The second kappa shape index (κ2) is 10.9. The van der Waals surface area contributed by atoms with E-state index in [2.05, 4.69) is 34.6 Å². The van der Waals surface area contributed by atoms with Crippen LogP contribution in [0.2, 0.25) is 0 Å². The molecule has 1 aromatic heterocycles. The van der Waals surface area contributed by atoms with E-state index in [1.54, 1.807) is 7.05 Å². The van der Waals surface area contributed by atoms with Gasteiger partial charge in [-0.3, -0.25) is 9.67 Å². The molecule has 9 heteroatoms. The monoisotopic (exact) mass is 532 g/mol. The van der Waals surface area contributed by atoms with Crippen LogP contribution in [-0.4, -0.2) is 41.9 Å². The first-order valence-electron chi connectivity index (χ1n) is 10.2. The summed E-state index contributed by atoms with van der Waals surface area (Å²) >= 11 is 0. The largest absolute Gasteiger partial charge is 0.367 e. The zero-order valence-electron chi connectivity index (χ0n) is 18.0. The molecule has 2 N–H and O–H groups in total. The molecule has 1 unspecified atom stereocenters. The molecule has 0 bridgehead atoms. The van der Waals surface area contributed by atoms with Gasteiger partial charge in [0.1, 0.15) is 11.6 Å². The Morgan fingerprint density at radius 3 is 2.67 bits per heavy atom. The van der Waals surface area contributed by atoms with E-state index in [-0.39, 0.29) is 30.0 Å². The van der Waals surface area contributed by atoms with Crippen LogP contribution in [0.15, 0.2) is 23.2 Å². The highest BCUT2D eigenvalue weighted by Crippen LogP contribution is 2.24. The maximum Gasteiger partial charge on any atom is 0.191 e. The van der Waals surface area contributed by atoms with E-state index in [1.165, 1.54) is 23.4 Å². The van der Waals surface area contributed by atoms with Crippen molar-refractivity contribution >= 4 is 35.6 Å². The van der Waals surface area contributed by atoms with Crippen LogP contribution < -0.4 is 15.5 Å². The van der Waals surface area contributed by atoms with Gasteiger partial charge >= 0.3 is 0 Å². The molecule has 1 saturated heterocycles. The van der Waals surface area contributed by atoms with Gasteiger partial charge in [0.25, 0.3) is 0 Å². The Balaban J connectivity index is 0.00000320. The van der Waals surface area contributed by atoms with E-state index in [0.29, 0.717) is 31.3 Å². The lowest BCUT2D eigenvalue weighted by Gasteiger charge is -2.21. The summed E-state index contributed by atoms with van der Waals surface area (Å²) in [5.41, 5.74) is 3.99. The predicted octanol–water partition coefficient (Wildman–Crippen LogP) is 3.39. The van der Waals surface area contributed by atoms with Crippen LogP contribution >= 0.6 is 24.0 Å². The summed E-state index contributed by atoms with van der Waals surface area (Å²) in [5, 5.41) is 11.4. The van der Waals surface area contributed by atoms with Crippen LogP contribution in [0, 0.1) is 11.6 Å². The molecule has 30 heavy (non-hydrogen) atoms. The van der Waals surface area contributed by atoms with Crippen LogP contribution in [0.3, 0.4) is 0 Å². The highest BCUT2D eigenvalue weighted by Gasteiger charge is 2.25. The predicted molar refractivity (Wildman–Crippen MR) is 128 cm³/mol. The van der Waals surface area contributed by atoms with Crippen molar-refractivity contribution in [2.75, 3.05) is 25.0 Å². The molecule has 0 saturated carbocycles. The van der Waals surface area contributed by atoms with E-state index >= 15 is 0 Å². The molecule has 2 aromatic rings. The summed E-state index contributed by atoms with van der Waals surface area (Å²) in [4.78, 5) is 6.27. The average molecular weight is 532 g/mol. The Kier molecular flexibility index (Phi) is 8.87. The molecule has 1 atom stereocenters. The van der Waals surface area contributed by atoms with Gasteiger partial charge in [-0.05, 0) is 31.4 Å². The number of nitrogens with zero attached hydrogens (tertiary/aromatic N) is 4. The standard InChI is InChI=1S/C21H30F2N6.HI/c1-5-18-16(19(6-2)28(4)27-18)12-25-21(24-3)26-15-9-10-29(13-15)20-8-7-14(22)11-17(20)23;/h7-8,11,15H,5-6,9-10,12-13H2,1-4H3,(H2,24,25,26);1H. The van der Waals surface area contributed by atoms with Crippen molar-refractivity contribution in [1.82, 2.24) is 20.4 Å². The molecular formula is C21H31F2IN6. The molecule has 3 rings (SSSR count). The summed E-state index contributed by atoms with van der Waals surface area (Å²) in [7, 11) is 3.72. The lowest BCUT2D eigenvalue weighted by molar-refractivity contribution is 0.580. The zero-order chi connectivity index (χ0) is 21.0. The van der Waals surface area contributed by atoms with Crippen molar-refractivity contribution in [2.45, 2.75) is 45.7 Å². The van der Waals surface area contributed by atoms with Crippen molar-refractivity contribution in [3.63, 3.8) is 0 Å². The van der Waals surface area contributed by atoms with Gasteiger partial charge in [-0.15, -0.1) is 24.0 Å². The summed E-state index contributed by atoms with van der Waals surface area (Å²) in [5.74, 6) is -0.369. The van der Waals surface area contributed by atoms with Gasteiger partial charge in [0.05, 0.1) is 11.4 Å². The molecule has 0 radical (unpaired) electrons. The molecule has 6 nitrogen and oxygen atoms in total. The molecule has 1 aliphatic heterocycles. The fourth-order valence-electron chi connectivity index (χ4n) is 3.99. The molecule has 0 aliphatic carbocycles. The van der Waals surface area contributed by atoms with Crippen LogP contribution in [0.4, 0.5) is 14.5 Å². The lowest BCUT2D eigenvalue weighted by atomic mass is 10.1. The molecule has 2 heterocycles. The number of hydrogen-bond acceptors (Lipinski definition) is 3. The zero-order valence-corrected chi connectivity index (χ0v) is 20.3. The van der Waals surface area contributed by atoms with Crippen molar-refractivity contribution in [3.8, 4) is 0 Å². The van der Waals surface area contributed by atoms with Crippen LogP contribution in [0.1, 0.15) is 37.2 Å². The fourth-order valence-corrected chi connectivity index (χ4v) is 3.99. The van der Waals surface area contributed by atoms with Gasteiger partial charge in [0.15, 0.2) is 5.96 Å². The normalized spacial score (nSPS) is 16.5. The smallest absolute Gasteiger partial charge is 0.191 e. The van der Waals surface area contributed by atoms with Gasteiger partial charge < -0.3 is 15.5 Å². The summed E-state index contributed by atoms with van der Waals surface area (Å²) in [6.07, 6.45) is 2.66. The summed E-state index contributed by atoms with van der Waals surface area (Å²) < 4.78 is 29.2. The minimum atomic E-state index is -0.557. The van der Waals surface area contributed by atoms with Crippen molar-refractivity contribution in [3.05, 3.63) is 46.8 Å². The van der Waals surface area contributed by atoms with E-state index in [9.17, 15) is 8.78 Å². The molecule has 1 aliphatic rings. The highest BCUT2D eigenvalue weighted by molar-refractivity contribution is 14.0. The number of guanidine groups is 1. The highest BCUT2D eigenvalue weighted by atomic mass is 127.